The van der Waals surface area contributed by atoms with Crippen LogP contribution in [0.4, 0.5) is 5.69 Å². The van der Waals surface area contributed by atoms with Gasteiger partial charge in [-0.3, -0.25) is 9.59 Å². The molecule has 1 aromatic carbocycles. The Balaban J connectivity index is 1.89. The number of carbonyl (C=O) groups excluding carboxylic acids is 2. The smallest absolute Gasteiger partial charge is 0.313 e. The molecule has 2 amide bonds. The molecule has 1 aliphatic rings. The van der Waals surface area contributed by atoms with E-state index in [1.54, 1.807) is 6.07 Å². The number of nitrogens with one attached hydrogen (secondary N) is 2. The molecule has 0 aromatic heterocycles. The second-order valence-corrected chi connectivity index (χ2v) is 6.78. The number of piperidine rings is 1. The van der Waals surface area contributed by atoms with Crippen molar-refractivity contribution in [2.75, 3.05) is 38.6 Å². The minimum Gasteiger partial charge on any atom is -0.491 e. The van der Waals surface area contributed by atoms with E-state index in [-0.39, 0.29) is 0 Å². The van der Waals surface area contributed by atoms with Gasteiger partial charge in [0.05, 0.1) is 12.3 Å². The van der Waals surface area contributed by atoms with E-state index >= 15 is 0 Å². The van der Waals surface area contributed by atoms with E-state index in [0.717, 1.165) is 37.9 Å². The molecular formula is C19H29N3O3. The molecule has 2 rings (SSSR count). The predicted octanol–water partition coefficient (Wildman–Crippen LogP) is 2.18. The Kier molecular flexibility index (Phi) is 7.25. The summed E-state index contributed by atoms with van der Waals surface area (Å²) >= 11 is 0. The molecule has 138 valence electrons. The Morgan fingerprint density at radius 1 is 1.32 bits per heavy atom. The van der Waals surface area contributed by atoms with Crippen LogP contribution in [0, 0.1) is 12.8 Å². The number of ether oxygens (including phenoxy) is 1. The van der Waals surface area contributed by atoms with E-state index in [1.165, 1.54) is 0 Å². The van der Waals surface area contributed by atoms with Crippen molar-refractivity contribution in [3.63, 3.8) is 0 Å². The second-order valence-electron chi connectivity index (χ2n) is 6.78. The topological polar surface area (TPSA) is 70.7 Å². The van der Waals surface area contributed by atoms with Crippen LogP contribution in [0.3, 0.4) is 0 Å². The lowest BCUT2D eigenvalue weighted by atomic mass is 9.98. The summed E-state index contributed by atoms with van der Waals surface area (Å²) in [5, 5.41) is 5.41. The largest absolute Gasteiger partial charge is 0.491 e. The van der Waals surface area contributed by atoms with E-state index in [0.29, 0.717) is 30.5 Å². The molecule has 2 N–H and O–H groups in total. The summed E-state index contributed by atoms with van der Waals surface area (Å²) in [5.74, 6) is -0.264. The first-order valence-electron chi connectivity index (χ1n) is 9.00. The Hall–Kier alpha value is -2.08. The molecule has 1 aliphatic heterocycles. The summed E-state index contributed by atoms with van der Waals surface area (Å²) in [7, 11) is 2.08. The first-order chi connectivity index (χ1) is 12.0. The third-order valence-corrected chi connectivity index (χ3v) is 4.33. The van der Waals surface area contributed by atoms with E-state index in [4.69, 9.17) is 4.74 Å². The highest BCUT2D eigenvalue weighted by Gasteiger charge is 2.20. The third kappa shape index (κ3) is 6.05. The van der Waals surface area contributed by atoms with Crippen LogP contribution in [-0.2, 0) is 9.59 Å². The van der Waals surface area contributed by atoms with E-state index in [9.17, 15) is 9.59 Å². The van der Waals surface area contributed by atoms with Gasteiger partial charge in [0.15, 0.2) is 0 Å². The van der Waals surface area contributed by atoms with Crippen LogP contribution in [0.5, 0.6) is 5.75 Å². The standard InChI is InChI=1S/C19H29N3O3/c1-4-10-25-17-11-14(2)7-8-16(17)21-19(24)18(23)20-12-15-6-5-9-22(3)13-15/h7-8,11,15H,4-6,9-10,12-13H2,1-3H3,(H,20,23)(H,21,24). The molecule has 1 fully saturated rings. The van der Waals surface area contributed by atoms with Gasteiger partial charge in [0, 0.05) is 13.1 Å². The molecule has 1 atom stereocenters. The Labute approximate surface area is 149 Å². The number of carbonyl (C=O) groups is 2. The highest BCUT2D eigenvalue weighted by atomic mass is 16.5. The summed E-state index contributed by atoms with van der Waals surface area (Å²) < 4.78 is 5.66. The fourth-order valence-corrected chi connectivity index (χ4v) is 3.00. The molecule has 0 spiro atoms. The average Bonchev–Trinajstić information content (AvgIpc) is 2.59. The molecule has 0 bridgehead atoms. The van der Waals surface area contributed by atoms with Crippen LogP contribution < -0.4 is 15.4 Å². The van der Waals surface area contributed by atoms with Gasteiger partial charge in [-0.25, -0.2) is 0 Å². The van der Waals surface area contributed by atoms with Crippen molar-refractivity contribution in [3.05, 3.63) is 23.8 Å². The summed E-state index contributed by atoms with van der Waals surface area (Å²) in [5.41, 5.74) is 1.56. The number of hydrogen-bond donors (Lipinski definition) is 2. The van der Waals surface area contributed by atoms with Crippen LogP contribution in [0.15, 0.2) is 18.2 Å². The van der Waals surface area contributed by atoms with Crippen molar-refractivity contribution in [2.45, 2.75) is 33.1 Å². The van der Waals surface area contributed by atoms with Crippen LogP contribution >= 0.6 is 0 Å². The van der Waals surface area contributed by atoms with Gasteiger partial charge in [0.1, 0.15) is 5.75 Å². The van der Waals surface area contributed by atoms with Gasteiger partial charge in [-0.15, -0.1) is 0 Å². The minimum absolute atomic E-state index is 0.401. The molecule has 0 radical (unpaired) electrons. The first-order valence-corrected chi connectivity index (χ1v) is 9.00. The van der Waals surface area contributed by atoms with Gasteiger partial charge in [0.2, 0.25) is 0 Å². The number of benzene rings is 1. The van der Waals surface area contributed by atoms with Crippen LogP contribution in [0.25, 0.3) is 0 Å². The van der Waals surface area contributed by atoms with Gasteiger partial charge in [0.25, 0.3) is 0 Å². The molecular weight excluding hydrogens is 318 g/mol. The fraction of sp³-hybridized carbons (Fsp3) is 0.579. The van der Waals surface area contributed by atoms with Crippen molar-refractivity contribution in [3.8, 4) is 5.75 Å². The third-order valence-electron chi connectivity index (χ3n) is 4.33. The lowest BCUT2D eigenvalue weighted by Gasteiger charge is -2.29. The lowest BCUT2D eigenvalue weighted by molar-refractivity contribution is -0.136. The zero-order valence-electron chi connectivity index (χ0n) is 15.4. The van der Waals surface area contributed by atoms with Crippen molar-refractivity contribution < 1.29 is 14.3 Å². The summed E-state index contributed by atoms with van der Waals surface area (Å²) in [4.78, 5) is 26.5. The number of nitrogens with zero attached hydrogens (tertiary/aromatic N) is 1. The molecule has 1 heterocycles. The molecule has 0 saturated carbocycles. The fourth-order valence-electron chi connectivity index (χ4n) is 3.00. The van der Waals surface area contributed by atoms with E-state index in [1.807, 2.05) is 26.0 Å². The van der Waals surface area contributed by atoms with Gasteiger partial charge in [-0.05, 0) is 63.4 Å². The van der Waals surface area contributed by atoms with Crippen molar-refractivity contribution in [1.29, 1.82) is 0 Å². The SMILES string of the molecule is CCCOc1cc(C)ccc1NC(=O)C(=O)NCC1CCCN(C)C1. The van der Waals surface area contributed by atoms with Gasteiger partial charge in [-0.1, -0.05) is 13.0 Å². The summed E-state index contributed by atoms with van der Waals surface area (Å²) in [6.45, 7) is 7.12. The van der Waals surface area contributed by atoms with Gasteiger partial charge in [-0.2, -0.15) is 0 Å². The number of aryl methyl sites for hydroxylation is 1. The Morgan fingerprint density at radius 2 is 2.12 bits per heavy atom. The zero-order valence-corrected chi connectivity index (χ0v) is 15.4. The number of hydrogen-bond acceptors (Lipinski definition) is 4. The van der Waals surface area contributed by atoms with Gasteiger partial charge < -0.3 is 20.3 Å². The second kappa shape index (κ2) is 9.42. The predicted molar refractivity (Wildman–Crippen MR) is 98.8 cm³/mol. The molecule has 25 heavy (non-hydrogen) atoms. The maximum Gasteiger partial charge on any atom is 0.313 e. The number of likely N-dealkylation sites (tertiary alicyclic amines) is 1. The summed E-state index contributed by atoms with van der Waals surface area (Å²) in [6.07, 6.45) is 3.08. The van der Waals surface area contributed by atoms with Crippen molar-refractivity contribution in [2.24, 2.45) is 5.92 Å². The average molecular weight is 347 g/mol. The maximum atomic E-state index is 12.2. The maximum absolute atomic E-state index is 12.2. The zero-order chi connectivity index (χ0) is 18.2. The summed E-state index contributed by atoms with van der Waals surface area (Å²) in [6, 6.07) is 5.51. The van der Waals surface area contributed by atoms with Crippen LogP contribution in [-0.4, -0.2) is 50.0 Å². The molecule has 1 unspecified atom stereocenters. The Bertz CT molecular complexity index is 604. The quantitative estimate of drug-likeness (QED) is 0.774. The van der Waals surface area contributed by atoms with Crippen molar-refractivity contribution in [1.82, 2.24) is 10.2 Å². The monoisotopic (exact) mass is 347 g/mol. The van der Waals surface area contributed by atoms with Gasteiger partial charge >= 0.3 is 11.8 Å². The lowest BCUT2D eigenvalue weighted by Crippen LogP contribution is -2.42. The minimum atomic E-state index is -0.658. The Morgan fingerprint density at radius 3 is 2.84 bits per heavy atom. The number of amides is 2. The molecule has 1 aromatic rings. The molecule has 0 aliphatic carbocycles. The number of anilines is 1. The normalized spacial score (nSPS) is 17.8. The van der Waals surface area contributed by atoms with E-state index in [2.05, 4.69) is 22.6 Å². The van der Waals surface area contributed by atoms with Crippen LogP contribution in [0.1, 0.15) is 31.7 Å². The van der Waals surface area contributed by atoms with Crippen LogP contribution in [0.2, 0.25) is 0 Å². The first kappa shape index (κ1) is 19.2. The molecule has 6 heteroatoms. The highest BCUT2D eigenvalue weighted by Crippen LogP contribution is 2.26. The molecule has 1 saturated heterocycles. The molecule has 6 nitrogen and oxygen atoms in total. The number of rotatable bonds is 6. The van der Waals surface area contributed by atoms with E-state index < -0.39 is 11.8 Å². The highest BCUT2D eigenvalue weighted by molar-refractivity contribution is 6.39. The van der Waals surface area contributed by atoms with Crippen molar-refractivity contribution >= 4 is 17.5 Å².